The third kappa shape index (κ3) is 2.82. The maximum absolute atomic E-state index is 13.3. The average molecular weight is 422 g/mol. The lowest BCUT2D eigenvalue weighted by molar-refractivity contribution is 0.576. The van der Waals surface area contributed by atoms with Crippen molar-refractivity contribution < 1.29 is 12.8 Å². The molecule has 0 radical (unpaired) electrons. The van der Waals surface area contributed by atoms with Gasteiger partial charge in [0.25, 0.3) is 10.0 Å². The molecule has 9 heteroatoms. The van der Waals surface area contributed by atoms with Gasteiger partial charge in [0.05, 0.1) is 21.0 Å². The fraction of sp³-hybridized carbons (Fsp3) is 0. The molecule has 0 atom stereocenters. The minimum atomic E-state index is -3.83. The lowest BCUT2D eigenvalue weighted by atomic mass is 10.1. The number of nitrogens with zero attached hydrogens (tertiary/aromatic N) is 3. The SMILES string of the molecule is Nc1cc(-c2cn(S(=O)(=O)c3ccccc3)c3ncccc23)c(-c2ncco2)s1. The van der Waals surface area contributed by atoms with Gasteiger partial charge in [-0.1, -0.05) is 18.2 Å². The summed E-state index contributed by atoms with van der Waals surface area (Å²) < 4.78 is 33.2. The molecule has 0 fully saturated rings. The van der Waals surface area contributed by atoms with E-state index in [1.54, 1.807) is 61.1 Å². The Labute approximate surface area is 170 Å². The Morgan fingerprint density at radius 2 is 1.83 bits per heavy atom. The first-order valence-electron chi connectivity index (χ1n) is 8.62. The van der Waals surface area contributed by atoms with Crippen molar-refractivity contribution in [3.05, 3.63) is 73.4 Å². The van der Waals surface area contributed by atoms with Gasteiger partial charge in [-0.3, -0.25) is 0 Å². The van der Waals surface area contributed by atoms with Crippen LogP contribution in [0.25, 0.3) is 32.9 Å². The number of oxazole rings is 1. The van der Waals surface area contributed by atoms with E-state index in [0.717, 1.165) is 10.4 Å². The van der Waals surface area contributed by atoms with Crippen molar-refractivity contribution in [2.75, 3.05) is 5.73 Å². The number of aromatic nitrogens is 3. The van der Waals surface area contributed by atoms with Gasteiger partial charge in [0, 0.05) is 28.9 Å². The van der Waals surface area contributed by atoms with Crippen molar-refractivity contribution in [2.45, 2.75) is 4.90 Å². The van der Waals surface area contributed by atoms with Crippen LogP contribution >= 0.6 is 11.3 Å². The predicted molar refractivity (Wildman–Crippen MR) is 112 cm³/mol. The van der Waals surface area contributed by atoms with Crippen LogP contribution in [0.1, 0.15) is 0 Å². The summed E-state index contributed by atoms with van der Waals surface area (Å²) in [7, 11) is -3.83. The highest BCUT2D eigenvalue weighted by Crippen LogP contribution is 2.43. The standard InChI is InChI=1S/C20H14N4O3S2/c21-17-11-15(18(28-17)20-23-9-10-27-20)16-12-24(19-14(16)7-4-8-22-19)29(25,26)13-5-2-1-3-6-13/h1-12H,21H2. The highest BCUT2D eigenvalue weighted by molar-refractivity contribution is 7.90. The highest BCUT2D eigenvalue weighted by atomic mass is 32.2. The predicted octanol–water partition coefficient (Wildman–Crippen LogP) is 4.24. The molecule has 4 heterocycles. The highest BCUT2D eigenvalue weighted by Gasteiger charge is 2.25. The molecule has 7 nitrogen and oxygen atoms in total. The molecule has 0 aliphatic heterocycles. The van der Waals surface area contributed by atoms with Crippen LogP contribution < -0.4 is 5.73 Å². The van der Waals surface area contributed by atoms with E-state index < -0.39 is 10.0 Å². The molecule has 1 aromatic carbocycles. The Hall–Kier alpha value is -3.43. The van der Waals surface area contributed by atoms with Crippen LogP contribution in [0.15, 0.2) is 82.7 Å². The first-order valence-corrected chi connectivity index (χ1v) is 10.9. The number of nitrogens with two attached hydrogens (primary N) is 1. The molecule has 0 saturated carbocycles. The number of benzene rings is 1. The van der Waals surface area contributed by atoms with Crippen molar-refractivity contribution in [1.82, 2.24) is 13.9 Å². The Balaban J connectivity index is 1.79. The van der Waals surface area contributed by atoms with Crippen LogP contribution in [0.4, 0.5) is 5.00 Å². The summed E-state index contributed by atoms with van der Waals surface area (Å²) in [4.78, 5) is 9.47. The molecule has 0 aliphatic rings. The van der Waals surface area contributed by atoms with Crippen LogP contribution in [0.5, 0.6) is 0 Å². The summed E-state index contributed by atoms with van der Waals surface area (Å²) in [6.45, 7) is 0. The van der Waals surface area contributed by atoms with Crippen molar-refractivity contribution in [1.29, 1.82) is 0 Å². The van der Waals surface area contributed by atoms with E-state index in [-0.39, 0.29) is 4.90 Å². The molecule has 0 unspecified atom stereocenters. The van der Waals surface area contributed by atoms with Crippen LogP contribution in [0, 0.1) is 0 Å². The molecule has 5 rings (SSSR count). The third-order valence-electron chi connectivity index (χ3n) is 4.50. The van der Waals surface area contributed by atoms with Crippen molar-refractivity contribution in [3.63, 3.8) is 0 Å². The van der Waals surface area contributed by atoms with Gasteiger partial charge in [-0.15, -0.1) is 11.3 Å². The second-order valence-corrected chi connectivity index (χ2v) is 9.16. The van der Waals surface area contributed by atoms with Gasteiger partial charge < -0.3 is 10.2 Å². The zero-order valence-electron chi connectivity index (χ0n) is 14.9. The molecule has 5 aromatic rings. The van der Waals surface area contributed by atoms with Crippen molar-refractivity contribution in [2.24, 2.45) is 0 Å². The van der Waals surface area contributed by atoms with Crippen molar-refractivity contribution >= 4 is 37.4 Å². The van der Waals surface area contributed by atoms with E-state index in [4.69, 9.17) is 10.2 Å². The number of fused-ring (bicyclic) bond motifs is 1. The van der Waals surface area contributed by atoms with Crippen LogP contribution in [-0.2, 0) is 10.0 Å². The van der Waals surface area contributed by atoms with E-state index in [1.807, 2.05) is 6.07 Å². The first-order chi connectivity index (χ1) is 14.1. The second kappa shape index (κ2) is 6.57. The van der Waals surface area contributed by atoms with Gasteiger partial charge in [-0.05, 0) is 30.3 Å². The van der Waals surface area contributed by atoms with E-state index in [1.165, 1.54) is 21.6 Å². The summed E-state index contributed by atoms with van der Waals surface area (Å²) in [6, 6.07) is 13.7. The molecule has 0 amide bonds. The monoisotopic (exact) mass is 422 g/mol. The smallest absolute Gasteiger partial charge is 0.269 e. The molecule has 2 N–H and O–H groups in total. The lowest BCUT2D eigenvalue weighted by Gasteiger charge is -2.06. The molecule has 0 spiro atoms. The summed E-state index contributed by atoms with van der Waals surface area (Å²) in [6.07, 6.45) is 6.19. The van der Waals surface area contributed by atoms with Gasteiger partial charge in [-0.25, -0.2) is 22.4 Å². The fourth-order valence-corrected chi connectivity index (χ4v) is 5.46. The zero-order valence-corrected chi connectivity index (χ0v) is 16.5. The molecule has 0 bridgehead atoms. The fourth-order valence-electron chi connectivity index (χ4n) is 3.24. The van der Waals surface area contributed by atoms with Crippen LogP contribution in [0.2, 0.25) is 0 Å². The van der Waals surface area contributed by atoms with E-state index >= 15 is 0 Å². The van der Waals surface area contributed by atoms with E-state index in [9.17, 15) is 8.42 Å². The van der Waals surface area contributed by atoms with Gasteiger partial charge in [0.1, 0.15) is 6.26 Å². The normalized spacial score (nSPS) is 11.9. The van der Waals surface area contributed by atoms with E-state index in [0.29, 0.717) is 27.5 Å². The molecule has 29 heavy (non-hydrogen) atoms. The number of rotatable bonds is 4. The maximum atomic E-state index is 13.3. The molecular formula is C20H14N4O3S2. The second-order valence-electron chi connectivity index (χ2n) is 6.26. The first kappa shape index (κ1) is 17.7. The zero-order chi connectivity index (χ0) is 20.0. The Morgan fingerprint density at radius 3 is 2.59 bits per heavy atom. The summed E-state index contributed by atoms with van der Waals surface area (Å²) in [5.41, 5.74) is 7.84. The number of pyridine rings is 1. The van der Waals surface area contributed by atoms with Crippen LogP contribution in [0.3, 0.4) is 0 Å². The van der Waals surface area contributed by atoms with Crippen molar-refractivity contribution in [3.8, 4) is 21.9 Å². The quantitative estimate of drug-likeness (QED) is 0.465. The van der Waals surface area contributed by atoms with Gasteiger partial charge in [-0.2, -0.15) is 0 Å². The number of thiophene rings is 1. The van der Waals surface area contributed by atoms with Gasteiger partial charge >= 0.3 is 0 Å². The largest absolute Gasteiger partial charge is 0.444 e. The lowest BCUT2D eigenvalue weighted by Crippen LogP contribution is -2.12. The molecule has 0 aliphatic carbocycles. The Kier molecular flexibility index (Phi) is 4.00. The topological polar surface area (TPSA) is 104 Å². The number of hydrogen-bond donors (Lipinski definition) is 1. The Morgan fingerprint density at radius 1 is 1.00 bits per heavy atom. The maximum Gasteiger partial charge on any atom is 0.269 e. The van der Waals surface area contributed by atoms with E-state index in [2.05, 4.69) is 9.97 Å². The number of hydrogen-bond acceptors (Lipinski definition) is 7. The molecule has 0 saturated heterocycles. The number of nitrogen functional groups attached to an aromatic ring is 1. The average Bonchev–Trinajstić information content (AvgIpc) is 3.46. The van der Waals surface area contributed by atoms with Gasteiger partial charge in [0.15, 0.2) is 5.65 Å². The van der Waals surface area contributed by atoms with Gasteiger partial charge in [0.2, 0.25) is 5.89 Å². The number of anilines is 1. The third-order valence-corrected chi connectivity index (χ3v) is 7.12. The summed E-state index contributed by atoms with van der Waals surface area (Å²) >= 11 is 1.33. The summed E-state index contributed by atoms with van der Waals surface area (Å²) in [5.74, 6) is 0.428. The minimum absolute atomic E-state index is 0.187. The summed E-state index contributed by atoms with van der Waals surface area (Å²) in [5, 5.41) is 1.27. The minimum Gasteiger partial charge on any atom is -0.444 e. The molecule has 4 aromatic heterocycles. The van der Waals surface area contributed by atoms with Crippen LogP contribution in [-0.4, -0.2) is 22.4 Å². The molecular weight excluding hydrogens is 408 g/mol. The Bertz CT molecular complexity index is 1420. The molecule has 144 valence electrons.